The Morgan fingerprint density at radius 3 is 2.58 bits per heavy atom. The number of rotatable bonds is 6. The van der Waals surface area contributed by atoms with Crippen LogP contribution in [0.4, 0.5) is 5.69 Å². The van der Waals surface area contributed by atoms with E-state index in [1.54, 1.807) is 7.05 Å². The van der Waals surface area contributed by atoms with E-state index >= 15 is 0 Å². The van der Waals surface area contributed by atoms with Crippen LogP contribution in [0.2, 0.25) is 0 Å². The zero-order valence-electron chi connectivity index (χ0n) is 12.6. The molecule has 4 nitrogen and oxygen atoms in total. The van der Waals surface area contributed by atoms with Crippen LogP contribution in [0.25, 0.3) is 0 Å². The van der Waals surface area contributed by atoms with E-state index in [4.69, 9.17) is 0 Å². The summed E-state index contributed by atoms with van der Waals surface area (Å²) in [6, 6.07) is 6.44. The monoisotopic (exact) mass is 263 g/mol. The van der Waals surface area contributed by atoms with Gasteiger partial charge in [0.15, 0.2) is 0 Å². The van der Waals surface area contributed by atoms with Gasteiger partial charge in [-0.3, -0.25) is 4.79 Å². The summed E-state index contributed by atoms with van der Waals surface area (Å²) in [6.45, 7) is 5.64. The average molecular weight is 263 g/mol. The van der Waals surface area contributed by atoms with Crippen LogP contribution < -0.4 is 15.5 Å². The van der Waals surface area contributed by atoms with Gasteiger partial charge in [0.2, 0.25) is 5.91 Å². The average Bonchev–Trinajstić information content (AvgIpc) is 2.38. The second-order valence-electron chi connectivity index (χ2n) is 5.05. The summed E-state index contributed by atoms with van der Waals surface area (Å²) in [5.74, 6) is 0.0580. The van der Waals surface area contributed by atoms with E-state index < -0.39 is 0 Å². The molecule has 0 saturated carbocycles. The first-order valence-electron chi connectivity index (χ1n) is 6.66. The molecule has 0 fully saturated rings. The summed E-state index contributed by atoms with van der Waals surface area (Å²) in [4.78, 5) is 13.7. The molecule has 106 valence electrons. The Morgan fingerprint density at radius 2 is 2.05 bits per heavy atom. The fourth-order valence-corrected chi connectivity index (χ4v) is 2.30. The molecule has 1 aromatic carbocycles. The molecule has 0 aliphatic rings. The van der Waals surface area contributed by atoms with Crippen molar-refractivity contribution in [2.75, 3.05) is 32.6 Å². The van der Waals surface area contributed by atoms with E-state index in [1.807, 2.05) is 21.0 Å². The molecule has 0 radical (unpaired) electrons. The van der Waals surface area contributed by atoms with E-state index in [0.717, 1.165) is 6.54 Å². The first-order chi connectivity index (χ1) is 8.99. The van der Waals surface area contributed by atoms with Crippen molar-refractivity contribution in [1.82, 2.24) is 10.6 Å². The molecular formula is C15H25N3O. The van der Waals surface area contributed by atoms with Gasteiger partial charge in [0.25, 0.3) is 0 Å². The van der Waals surface area contributed by atoms with Crippen molar-refractivity contribution in [2.45, 2.75) is 20.4 Å². The zero-order valence-corrected chi connectivity index (χ0v) is 12.6. The Kier molecular flexibility index (Phi) is 5.83. The van der Waals surface area contributed by atoms with Gasteiger partial charge < -0.3 is 15.5 Å². The predicted molar refractivity (Wildman–Crippen MR) is 80.4 cm³/mol. The Morgan fingerprint density at radius 1 is 1.37 bits per heavy atom. The summed E-state index contributed by atoms with van der Waals surface area (Å²) in [7, 11) is 5.65. The van der Waals surface area contributed by atoms with Crippen molar-refractivity contribution in [1.29, 1.82) is 0 Å². The summed E-state index contributed by atoms with van der Waals surface area (Å²) < 4.78 is 0. The molecule has 0 spiro atoms. The van der Waals surface area contributed by atoms with E-state index in [-0.39, 0.29) is 11.8 Å². The largest absolute Gasteiger partial charge is 0.374 e. The van der Waals surface area contributed by atoms with Crippen LogP contribution >= 0.6 is 0 Å². The summed E-state index contributed by atoms with van der Waals surface area (Å²) >= 11 is 0. The number of nitrogens with zero attached hydrogens (tertiary/aromatic N) is 1. The number of carbonyl (C=O) groups is 1. The molecule has 1 amide bonds. The van der Waals surface area contributed by atoms with Gasteiger partial charge in [0.05, 0.1) is 5.92 Å². The van der Waals surface area contributed by atoms with Crippen LogP contribution in [0.1, 0.15) is 18.1 Å². The number of carbonyl (C=O) groups excluding carboxylic acids is 1. The van der Waals surface area contributed by atoms with Gasteiger partial charge in [0.1, 0.15) is 0 Å². The highest BCUT2D eigenvalue weighted by Gasteiger charge is 2.15. The summed E-state index contributed by atoms with van der Waals surface area (Å²) in [5, 5.41) is 5.84. The minimum absolute atomic E-state index is 0.0219. The summed E-state index contributed by atoms with van der Waals surface area (Å²) in [6.07, 6.45) is 0. The topological polar surface area (TPSA) is 44.4 Å². The van der Waals surface area contributed by atoms with Gasteiger partial charge in [-0.25, -0.2) is 0 Å². The van der Waals surface area contributed by atoms with Crippen molar-refractivity contribution < 1.29 is 4.79 Å². The minimum atomic E-state index is -0.0219. The number of anilines is 1. The molecule has 1 rings (SSSR count). The van der Waals surface area contributed by atoms with Gasteiger partial charge in [-0.15, -0.1) is 0 Å². The molecule has 0 heterocycles. The molecule has 0 saturated heterocycles. The zero-order chi connectivity index (χ0) is 14.4. The van der Waals surface area contributed by atoms with Gasteiger partial charge >= 0.3 is 0 Å². The molecule has 0 aliphatic carbocycles. The third-order valence-corrected chi connectivity index (χ3v) is 3.30. The molecule has 2 N–H and O–H groups in total. The van der Waals surface area contributed by atoms with Gasteiger partial charge in [-0.1, -0.05) is 19.1 Å². The Balaban J connectivity index is 2.76. The molecule has 1 aromatic rings. The van der Waals surface area contributed by atoms with Crippen molar-refractivity contribution in [3.63, 3.8) is 0 Å². The molecule has 4 heteroatoms. The molecule has 19 heavy (non-hydrogen) atoms. The molecule has 0 aromatic heterocycles. The minimum Gasteiger partial charge on any atom is -0.374 e. The first kappa shape index (κ1) is 15.5. The number of hydrogen-bond acceptors (Lipinski definition) is 3. The van der Waals surface area contributed by atoms with Gasteiger partial charge in [-0.05, 0) is 31.2 Å². The number of aryl methyl sites for hydroxylation is 1. The molecule has 1 atom stereocenters. The third-order valence-electron chi connectivity index (χ3n) is 3.30. The smallest absolute Gasteiger partial charge is 0.224 e. The second-order valence-corrected chi connectivity index (χ2v) is 5.05. The molecule has 1 unspecified atom stereocenters. The van der Waals surface area contributed by atoms with Crippen LogP contribution in [-0.4, -0.2) is 33.6 Å². The fourth-order valence-electron chi connectivity index (χ4n) is 2.30. The number of hydrogen-bond donors (Lipinski definition) is 2. The van der Waals surface area contributed by atoms with Crippen molar-refractivity contribution in [2.24, 2.45) is 5.92 Å². The van der Waals surface area contributed by atoms with E-state index in [0.29, 0.717) is 6.54 Å². The van der Waals surface area contributed by atoms with Crippen LogP contribution in [0.5, 0.6) is 0 Å². The van der Waals surface area contributed by atoms with Crippen molar-refractivity contribution >= 4 is 11.6 Å². The van der Waals surface area contributed by atoms with Crippen LogP contribution in [0.15, 0.2) is 18.2 Å². The van der Waals surface area contributed by atoms with Gasteiger partial charge in [0, 0.05) is 32.9 Å². The standard InChI is InChI=1S/C15H25N3O/c1-11-8-13(9-16-3)6-7-14(11)18(5)10-12(2)15(19)17-4/h6-8,12,16H,9-10H2,1-5H3,(H,17,19). The Labute approximate surface area is 116 Å². The quantitative estimate of drug-likeness (QED) is 0.818. The number of benzene rings is 1. The maximum absolute atomic E-state index is 11.6. The molecular weight excluding hydrogens is 238 g/mol. The normalized spacial score (nSPS) is 12.1. The summed E-state index contributed by atoms with van der Waals surface area (Å²) in [5.41, 5.74) is 3.69. The third kappa shape index (κ3) is 4.24. The number of amides is 1. The maximum Gasteiger partial charge on any atom is 0.224 e. The molecule has 0 aliphatic heterocycles. The first-order valence-corrected chi connectivity index (χ1v) is 6.66. The van der Waals surface area contributed by atoms with E-state index in [9.17, 15) is 4.79 Å². The molecule has 0 bridgehead atoms. The highest BCUT2D eigenvalue weighted by molar-refractivity contribution is 5.78. The Hall–Kier alpha value is -1.55. The van der Waals surface area contributed by atoms with Crippen LogP contribution in [0, 0.1) is 12.8 Å². The lowest BCUT2D eigenvalue weighted by atomic mass is 10.1. The lowest BCUT2D eigenvalue weighted by Crippen LogP contribution is -2.34. The highest BCUT2D eigenvalue weighted by atomic mass is 16.1. The highest BCUT2D eigenvalue weighted by Crippen LogP contribution is 2.21. The van der Waals surface area contributed by atoms with Gasteiger partial charge in [-0.2, -0.15) is 0 Å². The van der Waals surface area contributed by atoms with E-state index in [2.05, 4.69) is 40.7 Å². The number of nitrogens with one attached hydrogen (secondary N) is 2. The SMILES string of the molecule is CNCc1ccc(N(C)CC(C)C(=O)NC)c(C)c1. The van der Waals surface area contributed by atoms with Crippen LogP contribution in [0.3, 0.4) is 0 Å². The van der Waals surface area contributed by atoms with Crippen LogP contribution in [-0.2, 0) is 11.3 Å². The second kappa shape index (κ2) is 7.14. The van der Waals surface area contributed by atoms with Crippen molar-refractivity contribution in [3.05, 3.63) is 29.3 Å². The predicted octanol–water partition coefficient (Wildman–Crippen LogP) is 1.53. The van der Waals surface area contributed by atoms with E-state index in [1.165, 1.54) is 16.8 Å². The van der Waals surface area contributed by atoms with Crippen molar-refractivity contribution in [3.8, 4) is 0 Å². The lowest BCUT2D eigenvalue weighted by molar-refractivity contribution is -0.123. The Bertz CT molecular complexity index is 431. The lowest BCUT2D eigenvalue weighted by Gasteiger charge is -2.24. The maximum atomic E-state index is 11.6. The fraction of sp³-hybridized carbons (Fsp3) is 0.533.